The van der Waals surface area contributed by atoms with Crippen molar-refractivity contribution in [2.45, 2.75) is 33.1 Å². The summed E-state index contributed by atoms with van der Waals surface area (Å²) in [6.07, 6.45) is 3.03. The van der Waals surface area contributed by atoms with Gasteiger partial charge in [-0.05, 0) is 32.4 Å². The number of hydrogen-bond donors (Lipinski definition) is 1. The Morgan fingerprint density at radius 2 is 2.00 bits per heavy atom. The van der Waals surface area contributed by atoms with Crippen LogP contribution in [-0.2, 0) is 9.53 Å². The summed E-state index contributed by atoms with van der Waals surface area (Å²) in [7, 11) is 1.43. The van der Waals surface area contributed by atoms with Gasteiger partial charge in [0.1, 0.15) is 0 Å². The second-order valence-corrected chi connectivity index (χ2v) is 5.32. The van der Waals surface area contributed by atoms with Crippen LogP contribution in [-0.4, -0.2) is 36.3 Å². The van der Waals surface area contributed by atoms with E-state index in [0.717, 1.165) is 30.8 Å². The zero-order chi connectivity index (χ0) is 11.7. The van der Waals surface area contributed by atoms with Crippen molar-refractivity contribution in [3.8, 4) is 0 Å². The molecule has 0 spiro atoms. The number of aliphatic hydroxyl groups is 1. The van der Waals surface area contributed by atoms with Crippen LogP contribution in [0.25, 0.3) is 0 Å². The Labute approximate surface area is 96.6 Å². The molecule has 1 N–H and O–H groups in total. The summed E-state index contributed by atoms with van der Waals surface area (Å²) in [6, 6.07) is 0. The van der Waals surface area contributed by atoms with Crippen LogP contribution in [0.15, 0.2) is 0 Å². The topological polar surface area (TPSA) is 46.5 Å². The fraction of sp³-hybridized carbons (Fsp3) is 0.909. The lowest BCUT2D eigenvalue weighted by atomic mass is 9.97. The van der Waals surface area contributed by atoms with Gasteiger partial charge in [0.05, 0.1) is 12.5 Å². The van der Waals surface area contributed by atoms with Crippen molar-refractivity contribution >= 4 is 17.7 Å². The lowest BCUT2D eigenvalue weighted by Crippen LogP contribution is -2.28. The van der Waals surface area contributed by atoms with Crippen molar-refractivity contribution in [1.82, 2.24) is 0 Å². The third kappa shape index (κ3) is 6.79. The molecule has 0 radical (unpaired) electrons. The highest BCUT2D eigenvalue weighted by Crippen LogP contribution is 2.23. The quantitative estimate of drug-likeness (QED) is 0.516. The Morgan fingerprint density at radius 3 is 2.53 bits per heavy atom. The molecule has 0 aromatic carbocycles. The van der Waals surface area contributed by atoms with Crippen molar-refractivity contribution in [3.05, 3.63) is 0 Å². The van der Waals surface area contributed by atoms with Gasteiger partial charge in [0.15, 0.2) is 0 Å². The number of thioether (sulfide) groups is 1. The summed E-state index contributed by atoms with van der Waals surface area (Å²) in [5.41, 5.74) is -0.392. The van der Waals surface area contributed by atoms with E-state index >= 15 is 0 Å². The number of methoxy groups -OCH3 is 1. The standard InChI is InChI=1S/C11H22O3S/c1-11(2,10(13)14-3)9-15-8-6-4-5-7-12/h12H,4-9H2,1-3H3. The summed E-state index contributed by atoms with van der Waals surface area (Å²) >= 11 is 1.77. The van der Waals surface area contributed by atoms with Gasteiger partial charge >= 0.3 is 5.97 Å². The molecule has 0 unspecified atom stereocenters. The zero-order valence-corrected chi connectivity index (χ0v) is 10.7. The molecule has 0 amide bonds. The van der Waals surface area contributed by atoms with Gasteiger partial charge in [-0.2, -0.15) is 11.8 Å². The molecule has 0 aromatic rings. The first-order chi connectivity index (χ1) is 7.04. The number of aliphatic hydroxyl groups excluding tert-OH is 1. The van der Waals surface area contributed by atoms with Crippen LogP contribution in [0.4, 0.5) is 0 Å². The number of carbonyl (C=O) groups is 1. The van der Waals surface area contributed by atoms with Crippen molar-refractivity contribution in [3.63, 3.8) is 0 Å². The Kier molecular flexibility index (Phi) is 7.88. The van der Waals surface area contributed by atoms with E-state index in [0.29, 0.717) is 0 Å². The van der Waals surface area contributed by atoms with Crippen LogP contribution in [0.1, 0.15) is 33.1 Å². The van der Waals surface area contributed by atoms with Gasteiger partial charge in [-0.25, -0.2) is 0 Å². The minimum absolute atomic E-state index is 0.148. The molecule has 0 aliphatic heterocycles. The van der Waals surface area contributed by atoms with E-state index in [1.807, 2.05) is 13.8 Å². The first-order valence-corrected chi connectivity index (χ1v) is 6.47. The van der Waals surface area contributed by atoms with Gasteiger partial charge in [0.25, 0.3) is 0 Å². The Balaban J connectivity index is 3.53. The summed E-state index contributed by atoms with van der Waals surface area (Å²) in [5, 5.41) is 8.59. The molecular weight excluding hydrogens is 212 g/mol. The van der Waals surface area contributed by atoms with Crippen LogP contribution in [0, 0.1) is 5.41 Å². The fourth-order valence-electron chi connectivity index (χ4n) is 1.16. The normalized spacial score (nSPS) is 11.5. The molecule has 3 nitrogen and oxygen atoms in total. The number of carbonyl (C=O) groups excluding carboxylic acids is 1. The molecule has 0 aliphatic carbocycles. The largest absolute Gasteiger partial charge is 0.469 e. The number of esters is 1. The fourth-order valence-corrected chi connectivity index (χ4v) is 2.34. The molecule has 0 heterocycles. The van der Waals surface area contributed by atoms with Gasteiger partial charge < -0.3 is 9.84 Å². The highest BCUT2D eigenvalue weighted by Gasteiger charge is 2.28. The molecule has 0 rings (SSSR count). The van der Waals surface area contributed by atoms with E-state index in [4.69, 9.17) is 9.84 Å². The van der Waals surface area contributed by atoms with Crippen LogP contribution in [0.3, 0.4) is 0 Å². The monoisotopic (exact) mass is 234 g/mol. The molecule has 90 valence electrons. The molecule has 4 heteroatoms. The summed E-state index contributed by atoms with van der Waals surface area (Å²) in [5.74, 6) is 1.68. The van der Waals surface area contributed by atoms with E-state index in [1.54, 1.807) is 11.8 Å². The Bertz CT molecular complexity index is 181. The maximum absolute atomic E-state index is 11.3. The van der Waals surface area contributed by atoms with Crippen LogP contribution < -0.4 is 0 Å². The average molecular weight is 234 g/mol. The maximum atomic E-state index is 11.3. The molecule has 0 aromatic heterocycles. The number of rotatable bonds is 8. The van der Waals surface area contributed by atoms with Crippen LogP contribution in [0.5, 0.6) is 0 Å². The van der Waals surface area contributed by atoms with E-state index in [1.165, 1.54) is 7.11 Å². The molecule has 0 saturated carbocycles. The van der Waals surface area contributed by atoms with Gasteiger partial charge in [-0.3, -0.25) is 4.79 Å². The Hall–Kier alpha value is -0.220. The van der Waals surface area contributed by atoms with Gasteiger partial charge in [0, 0.05) is 12.4 Å². The molecule has 15 heavy (non-hydrogen) atoms. The third-order valence-corrected chi connectivity index (χ3v) is 3.65. The lowest BCUT2D eigenvalue weighted by Gasteiger charge is -2.20. The third-order valence-electron chi connectivity index (χ3n) is 2.15. The van der Waals surface area contributed by atoms with Gasteiger partial charge in [0.2, 0.25) is 0 Å². The second-order valence-electron chi connectivity index (χ2n) is 4.21. The van der Waals surface area contributed by atoms with Crippen molar-refractivity contribution < 1.29 is 14.6 Å². The highest BCUT2D eigenvalue weighted by atomic mass is 32.2. The summed E-state index contributed by atoms with van der Waals surface area (Å²) in [6.45, 7) is 4.08. The SMILES string of the molecule is COC(=O)C(C)(C)CSCCCCCO. The number of unbranched alkanes of at least 4 members (excludes halogenated alkanes) is 2. The predicted molar refractivity (Wildman–Crippen MR) is 64.1 cm³/mol. The number of hydrogen-bond acceptors (Lipinski definition) is 4. The second kappa shape index (κ2) is 7.99. The average Bonchev–Trinajstić information content (AvgIpc) is 2.22. The summed E-state index contributed by atoms with van der Waals surface area (Å²) in [4.78, 5) is 11.3. The molecule has 0 saturated heterocycles. The van der Waals surface area contributed by atoms with Crippen LogP contribution >= 0.6 is 11.8 Å². The van der Waals surface area contributed by atoms with E-state index < -0.39 is 5.41 Å². The van der Waals surface area contributed by atoms with Crippen molar-refractivity contribution in [2.24, 2.45) is 5.41 Å². The predicted octanol–water partition coefficient (Wildman–Crippen LogP) is 2.08. The molecule has 0 atom stereocenters. The molecule has 0 bridgehead atoms. The van der Waals surface area contributed by atoms with E-state index in [2.05, 4.69) is 0 Å². The first kappa shape index (κ1) is 14.8. The molecule has 0 aliphatic rings. The highest BCUT2D eigenvalue weighted by molar-refractivity contribution is 7.99. The van der Waals surface area contributed by atoms with E-state index in [9.17, 15) is 4.79 Å². The minimum Gasteiger partial charge on any atom is -0.469 e. The lowest BCUT2D eigenvalue weighted by molar-refractivity contribution is -0.149. The van der Waals surface area contributed by atoms with Gasteiger partial charge in [-0.1, -0.05) is 6.42 Å². The summed E-state index contributed by atoms with van der Waals surface area (Å²) < 4.78 is 4.73. The Morgan fingerprint density at radius 1 is 1.33 bits per heavy atom. The van der Waals surface area contributed by atoms with E-state index in [-0.39, 0.29) is 12.6 Å². The van der Waals surface area contributed by atoms with Crippen molar-refractivity contribution in [2.75, 3.05) is 25.2 Å². The first-order valence-electron chi connectivity index (χ1n) is 5.31. The van der Waals surface area contributed by atoms with Gasteiger partial charge in [-0.15, -0.1) is 0 Å². The maximum Gasteiger partial charge on any atom is 0.312 e. The van der Waals surface area contributed by atoms with Crippen LogP contribution in [0.2, 0.25) is 0 Å². The molecule has 0 fully saturated rings. The van der Waals surface area contributed by atoms with Crippen molar-refractivity contribution in [1.29, 1.82) is 0 Å². The zero-order valence-electron chi connectivity index (χ0n) is 9.91. The number of ether oxygens (including phenoxy) is 1. The smallest absolute Gasteiger partial charge is 0.312 e. The minimum atomic E-state index is -0.392. The molecular formula is C11H22O3S.